The van der Waals surface area contributed by atoms with Crippen molar-refractivity contribution in [1.82, 2.24) is 24.5 Å². The van der Waals surface area contributed by atoms with Crippen LogP contribution in [-0.2, 0) is 9.84 Å². The molecule has 0 saturated carbocycles. The van der Waals surface area contributed by atoms with Gasteiger partial charge in [0, 0.05) is 22.1 Å². The van der Waals surface area contributed by atoms with Crippen LogP contribution in [0, 0.1) is 0 Å². The standard InChI is InChI=1S/C22H26ClN5O2S/c1-3-15(2)27-12-18(11-24-27)28-22-9-20(21(23)8-17(22)10-25-28)16-4-6-26(7-5-16)19-13-31(29,30)14-19/h8-12,16,19H,2-7,13-14H2,1H3. The van der Waals surface area contributed by atoms with Crippen molar-refractivity contribution in [3.05, 3.63) is 47.9 Å². The number of halogens is 1. The van der Waals surface area contributed by atoms with Crippen LogP contribution in [0.3, 0.4) is 0 Å². The fourth-order valence-electron chi connectivity index (χ4n) is 4.66. The molecular formula is C22H26ClN5O2S. The smallest absolute Gasteiger partial charge is 0.153 e. The zero-order chi connectivity index (χ0) is 21.8. The van der Waals surface area contributed by atoms with E-state index in [1.807, 2.05) is 23.1 Å². The number of hydrogen-bond acceptors (Lipinski definition) is 5. The molecule has 0 N–H and O–H groups in total. The number of rotatable bonds is 5. The summed E-state index contributed by atoms with van der Waals surface area (Å²) in [4.78, 5) is 2.32. The topological polar surface area (TPSA) is 73.0 Å². The first-order chi connectivity index (χ1) is 14.8. The maximum absolute atomic E-state index is 11.5. The van der Waals surface area contributed by atoms with Gasteiger partial charge in [-0.25, -0.2) is 17.8 Å². The Hall–Kier alpha value is -2.16. The number of likely N-dealkylation sites (tertiary alicyclic amines) is 1. The average Bonchev–Trinajstić information content (AvgIpc) is 3.37. The number of fused-ring (bicyclic) bond motifs is 1. The number of hydrogen-bond donors (Lipinski definition) is 0. The fraction of sp³-hybridized carbons (Fsp3) is 0.455. The van der Waals surface area contributed by atoms with Crippen molar-refractivity contribution < 1.29 is 8.42 Å². The summed E-state index contributed by atoms with van der Waals surface area (Å²) in [5.41, 5.74) is 3.96. The lowest BCUT2D eigenvalue weighted by molar-refractivity contribution is 0.166. The number of allylic oxidation sites excluding steroid dienone is 1. The van der Waals surface area contributed by atoms with E-state index in [9.17, 15) is 8.42 Å². The number of sulfone groups is 1. The molecule has 3 aromatic rings. The van der Waals surface area contributed by atoms with E-state index in [4.69, 9.17) is 11.6 Å². The van der Waals surface area contributed by atoms with E-state index < -0.39 is 9.84 Å². The first kappa shape index (κ1) is 20.7. The van der Waals surface area contributed by atoms with Crippen LogP contribution in [0.2, 0.25) is 5.02 Å². The van der Waals surface area contributed by atoms with Gasteiger partial charge in [-0.1, -0.05) is 25.1 Å². The molecule has 2 fully saturated rings. The highest BCUT2D eigenvalue weighted by atomic mass is 35.5. The third-order valence-electron chi connectivity index (χ3n) is 6.61. The minimum Gasteiger partial charge on any atom is -0.298 e. The highest BCUT2D eigenvalue weighted by Gasteiger charge is 2.39. The summed E-state index contributed by atoms with van der Waals surface area (Å²) in [5.74, 6) is 0.972. The summed E-state index contributed by atoms with van der Waals surface area (Å²) < 4.78 is 26.7. The lowest BCUT2D eigenvalue weighted by Gasteiger charge is -2.41. The van der Waals surface area contributed by atoms with E-state index in [2.05, 4.69) is 34.7 Å². The number of benzene rings is 1. The largest absolute Gasteiger partial charge is 0.298 e. The van der Waals surface area contributed by atoms with Crippen molar-refractivity contribution in [2.75, 3.05) is 24.6 Å². The molecule has 2 aliphatic rings. The molecular weight excluding hydrogens is 434 g/mol. The maximum atomic E-state index is 11.5. The molecule has 7 nitrogen and oxygen atoms in total. The van der Waals surface area contributed by atoms with Crippen molar-refractivity contribution in [2.24, 2.45) is 0 Å². The van der Waals surface area contributed by atoms with Gasteiger partial charge in [-0.05, 0) is 56.0 Å². The summed E-state index contributed by atoms with van der Waals surface area (Å²) in [6, 6.07) is 4.35. The second-order valence-corrected chi connectivity index (χ2v) is 11.2. The van der Waals surface area contributed by atoms with Crippen LogP contribution >= 0.6 is 11.6 Å². The summed E-state index contributed by atoms with van der Waals surface area (Å²) in [6.45, 7) is 7.91. The van der Waals surface area contributed by atoms with Crippen LogP contribution in [0.4, 0.5) is 0 Å². The van der Waals surface area contributed by atoms with Crippen LogP contribution in [0.15, 0.2) is 37.3 Å². The van der Waals surface area contributed by atoms with Crippen molar-refractivity contribution in [3.8, 4) is 5.69 Å². The van der Waals surface area contributed by atoms with Gasteiger partial charge >= 0.3 is 0 Å². The maximum Gasteiger partial charge on any atom is 0.153 e. The lowest BCUT2D eigenvalue weighted by atomic mass is 9.88. The molecule has 5 rings (SSSR count). The third-order valence-corrected chi connectivity index (χ3v) is 8.72. The summed E-state index contributed by atoms with van der Waals surface area (Å²) in [7, 11) is -2.79. The SMILES string of the molecule is C=C(CC)n1cc(-n2ncc3cc(Cl)c(C4CCN(C5CS(=O)(=O)C5)CC4)cc32)cn1. The van der Waals surface area contributed by atoms with Gasteiger partial charge in [0.25, 0.3) is 0 Å². The minimum atomic E-state index is -2.79. The van der Waals surface area contributed by atoms with Gasteiger partial charge < -0.3 is 0 Å². The monoisotopic (exact) mass is 459 g/mol. The molecule has 164 valence electrons. The van der Waals surface area contributed by atoms with E-state index in [1.54, 1.807) is 10.9 Å². The Labute approximate surface area is 187 Å². The average molecular weight is 460 g/mol. The second-order valence-electron chi connectivity index (χ2n) is 8.59. The normalized spacial score (nSPS) is 20.2. The molecule has 0 bridgehead atoms. The molecule has 9 heteroatoms. The molecule has 0 atom stereocenters. The zero-order valence-electron chi connectivity index (χ0n) is 17.5. The van der Waals surface area contributed by atoms with Crippen molar-refractivity contribution in [2.45, 2.75) is 38.1 Å². The number of piperidine rings is 1. The number of aromatic nitrogens is 4. The molecule has 2 aliphatic heterocycles. The Morgan fingerprint density at radius 1 is 1.19 bits per heavy atom. The second kappa shape index (κ2) is 7.76. The molecule has 4 heterocycles. The van der Waals surface area contributed by atoms with Gasteiger partial charge in [-0.2, -0.15) is 10.2 Å². The predicted molar refractivity (Wildman–Crippen MR) is 123 cm³/mol. The molecule has 0 unspecified atom stereocenters. The van der Waals surface area contributed by atoms with Gasteiger partial charge in [0.2, 0.25) is 0 Å². The highest BCUT2D eigenvalue weighted by Crippen LogP contribution is 2.37. The van der Waals surface area contributed by atoms with E-state index >= 15 is 0 Å². The quantitative estimate of drug-likeness (QED) is 0.581. The molecule has 0 aliphatic carbocycles. The van der Waals surface area contributed by atoms with Crippen LogP contribution in [0.1, 0.15) is 37.7 Å². The molecule has 2 saturated heterocycles. The molecule has 0 radical (unpaired) electrons. The Morgan fingerprint density at radius 2 is 1.94 bits per heavy atom. The molecule has 31 heavy (non-hydrogen) atoms. The fourth-order valence-corrected chi connectivity index (χ4v) is 6.49. The predicted octanol–water partition coefficient (Wildman–Crippen LogP) is 3.73. The van der Waals surface area contributed by atoms with E-state index in [0.717, 1.165) is 65.2 Å². The number of nitrogens with zero attached hydrogens (tertiary/aromatic N) is 5. The first-order valence-corrected chi connectivity index (χ1v) is 12.9. The van der Waals surface area contributed by atoms with Crippen LogP contribution in [0.5, 0.6) is 0 Å². The first-order valence-electron chi connectivity index (χ1n) is 10.7. The van der Waals surface area contributed by atoms with Crippen LogP contribution < -0.4 is 0 Å². The Bertz CT molecular complexity index is 1240. The van der Waals surface area contributed by atoms with Crippen LogP contribution in [-0.4, -0.2) is 63.5 Å². The van der Waals surface area contributed by atoms with Gasteiger partial charge in [0.05, 0.1) is 35.6 Å². The lowest BCUT2D eigenvalue weighted by Crippen LogP contribution is -2.55. The van der Waals surface area contributed by atoms with Gasteiger partial charge in [0.15, 0.2) is 9.84 Å². The van der Waals surface area contributed by atoms with Crippen LogP contribution in [0.25, 0.3) is 22.3 Å². The summed E-state index contributed by atoms with van der Waals surface area (Å²) >= 11 is 6.67. The van der Waals surface area contributed by atoms with E-state index in [0.29, 0.717) is 17.4 Å². The van der Waals surface area contributed by atoms with Crippen molar-refractivity contribution in [1.29, 1.82) is 0 Å². The summed E-state index contributed by atoms with van der Waals surface area (Å²) in [6.07, 6.45) is 8.35. The minimum absolute atomic E-state index is 0.194. The molecule has 2 aromatic heterocycles. The van der Waals surface area contributed by atoms with Crippen molar-refractivity contribution >= 4 is 38.0 Å². The Balaban J connectivity index is 1.39. The van der Waals surface area contributed by atoms with E-state index in [-0.39, 0.29) is 6.04 Å². The van der Waals surface area contributed by atoms with Gasteiger partial charge in [-0.3, -0.25) is 4.90 Å². The van der Waals surface area contributed by atoms with E-state index in [1.165, 1.54) is 0 Å². The van der Waals surface area contributed by atoms with Gasteiger partial charge in [-0.15, -0.1) is 0 Å². The summed E-state index contributed by atoms with van der Waals surface area (Å²) in [5, 5.41) is 10.7. The Morgan fingerprint density at radius 3 is 2.61 bits per heavy atom. The Kier molecular flexibility index (Phi) is 5.19. The zero-order valence-corrected chi connectivity index (χ0v) is 19.1. The van der Waals surface area contributed by atoms with Gasteiger partial charge in [0.1, 0.15) is 5.69 Å². The highest BCUT2D eigenvalue weighted by molar-refractivity contribution is 7.92. The molecule has 0 spiro atoms. The molecule has 1 aromatic carbocycles. The molecule has 0 amide bonds. The third kappa shape index (κ3) is 3.81. The van der Waals surface area contributed by atoms with Crippen molar-refractivity contribution in [3.63, 3.8) is 0 Å².